The van der Waals surface area contributed by atoms with Crippen LogP contribution in [0, 0.1) is 12.7 Å². The number of imidazole rings is 1. The summed E-state index contributed by atoms with van der Waals surface area (Å²) in [6.45, 7) is 5.58. The van der Waals surface area contributed by atoms with Gasteiger partial charge in [0.15, 0.2) is 0 Å². The van der Waals surface area contributed by atoms with E-state index in [1.165, 1.54) is 6.07 Å². The summed E-state index contributed by atoms with van der Waals surface area (Å²) in [5.41, 5.74) is 2.73. The SMILES string of the molecule is Cc1ncc(-c2cc3ccc(F)c(-c4nc(C5CCOCC5)n5c4CN(C)C(=O)C5C)c3cn2)s1. The largest absolute Gasteiger partial charge is 0.381 e. The molecule has 1 saturated heterocycles. The zero-order valence-corrected chi connectivity index (χ0v) is 20.7. The fourth-order valence-electron chi connectivity index (χ4n) is 5.29. The van der Waals surface area contributed by atoms with E-state index in [1.807, 2.05) is 30.7 Å². The first-order valence-corrected chi connectivity index (χ1v) is 12.7. The third-order valence-corrected chi connectivity index (χ3v) is 8.03. The Kier molecular flexibility index (Phi) is 5.41. The predicted molar refractivity (Wildman–Crippen MR) is 133 cm³/mol. The quantitative estimate of drug-likeness (QED) is 0.399. The Hall–Kier alpha value is -3.17. The van der Waals surface area contributed by atoms with Crippen LogP contribution < -0.4 is 0 Å². The van der Waals surface area contributed by atoms with Crippen LogP contribution in [0.15, 0.2) is 30.6 Å². The molecule has 1 aromatic carbocycles. The van der Waals surface area contributed by atoms with E-state index in [0.29, 0.717) is 36.4 Å². The molecule has 7 nitrogen and oxygen atoms in total. The lowest BCUT2D eigenvalue weighted by atomic mass is 9.98. The van der Waals surface area contributed by atoms with E-state index in [4.69, 9.17) is 9.72 Å². The molecule has 2 aliphatic rings. The number of hydrogen-bond donors (Lipinski definition) is 0. The van der Waals surface area contributed by atoms with Gasteiger partial charge in [0.05, 0.1) is 33.5 Å². The number of carbonyl (C=O) groups is 1. The number of hydrogen-bond acceptors (Lipinski definition) is 6. The van der Waals surface area contributed by atoms with Crippen LogP contribution in [0.3, 0.4) is 0 Å². The molecule has 0 spiro atoms. The first-order valence-electron chi connectivity index (χ1n) is 11.9. The number of likely N-dealkylation sites (N-methyl/N-ethyl adjacent to an activating group) is 1. The fraction of sp³-hybridized carbons (Fsp3) is 0.385. The lowest BCUT2D eigenvalue weighted by molar-refractivity contribution is -0.135. The Labute approximate surface area is 206 Å². The number of carbonyl (C=O) groups excluding carboxylic acids is 1. The van der Waals surface area contributed by atoms with E-state index in [2.05, 4.69) is 9.97 Å². The van der Waals surface area contributed by atoms with E-state index < -0.39 is 0 Å². The molecule has 3 aromatic heterocycles. The molecule has 6 rings (SSSR count). The molecular weight excluding hydrogens is 465 g/mol. The zero-order chi connectivity index (χ0) is 24.3. The summed E-state index contributed by atoms with van der Waals surface area (Å²) < 4.78 is 23.2. The van der Waals surface area contributed by atoms with Crippen LogP contribution in [0.2, 0.25) is 0 Å². The summed E-state index contributed by atoms with van der Waals surface area (Å²) in [6.07, 6.45) is 5.23. The van der Waals surface area contributed by atoms with Gasteiger partial charge in [-0.25, -0.2) is 14.4 Å². The van der Waals surface area contributed by atoms with Crippen LogP contribution in [0.25, 0.3) is 32.6 Å². The average molecular weight is 492 g/mol. The van der Waals surface area contributed by atoms with Crippen molar-refractivity contribution in [3.8, 4) is 21.8 Å². The zero-order valence-electron chi connectivity index (χ0n) is 19.9. The normalized spacial score (nSPS) is 18.9. The number of halogens is 1. The van der Waals surface area contributed by atoms with Gasteiger partial charge in [0.2, 0.25) is 5.91 Å². The summed E-state index contributed by atoms with van der Waals surface area (Å²) in [7, 11) is 1.79. The minimum absolute atomic E-state index is 0.0410. The number of ether oxygens (including phenoxy) is 1. The number of fused-ring (bicyclic) bond motifs is 2. The second-order valence-corrected chi connectivity index (χ2v) is 10.6. The highest BCUT2D eigenvalue weighted by Crippen LogP contribution is 2.41. The maximum Gasteiger partial charge on any atom is 0.245 e. The van der Waals surface area contributed by atoms with Gasteiger partial charge >= 0.3 is 0 Å². The van der Waals surface area contributed by atoms with Crippen LogP contribution in [-0.2, 0) is 16.1 Å². The van der Waals surface area contributed by atoms with Gasteiger partial charge in [-0.2, -0.15) is 0 Å². The Morgan fingerprint density at radius 1 is 1.17 bits per heavy atom. The molecular formula is C26H26FN5O2S. The van der Waals surface area contributed by atoms with Crippen molar-refractivity contribution in [2.75, 3.05) is 20.3 Å². The van der Waals surface area contributed by atoms with E-state index in [0.717, 1.165) is 45.3 Å². The molecule has 0 radical (unpaired) electrons. The molecule has 0 N–H and O–H groups in total. The summed E-state index contributed by atoms with van der Waals surface area (Å²) in [5, 5.41) is 2.57. The van der Waals surface area contributed by atoms with Crippen LogP contribution in [0.1, 0.15) is 48.3 Å². The summed E-state index contributed by atoms with van der Waals surface area (Å²) in [5.74, 6) is 0.729. The molecule has 0 bridgehead atoms. The first kappa shape index (κ1) is 22.3. The highest BCUT2D eigenvalue weighted by Gasteiger charge is 2.36. The van der Waals surface area contributed by atoms with Crippen molar-refractivity contribution in [3.05, 3.63) is 52.9 Å². The van der Waals surface area contributed by atoms with Crippen molar-refractivity contribution in [2.45, 2.75) is 45.2 Å². The van der Waals surface area contributed by atoms with Crippen molar-refractivity contribution >= 4 is 28.0 Å². The number of nitrogens with zero attached hydrogens (tertiary/aromatic N) is 5. The number of rotatable bonds is 3. The molecule has 0 aliphatic carbocycles. The van der Waals surface area contributed by atoms with Gasteiger partial charge in [-0.15, -0.1) is 11.3 Å². The predicted octanol–water partition coefficient (Wildman–Crippen LogP) is 5.10. The Bertz CT molecular complexity index is 1460. The summed E-state index contributed by atoms with van der Waals surface area (Å²) >= 11 is 1.58. The van der Waals surface area contributed by atoms with Crippen LogP contribution in [0.5, 0.6) is 0 Å². The van der Waals surface area contributed by atoms with Gasteiger partial charge in [-0.3, -0.25) is 9.78 Å². The molecule has 1 unspecified atom stereocenters. The molecule has 0 saturated carbocycles. The highest BCUT2D eigenvalue weighted by molar-refractivity contribution is 7.15. The van der Waals surface area contributed by atoms with Crippen molar-refractivity contribution < 1.29 is 13.9 Å². The highest BCUT2D eigenvalue weighted by atomic mass is 32.1. The number of benzene rings is 1. The van der Waals surface area contributed by atoms with E-state index in [1.54, 1.807) is 35.5 Å². The third-order valence-electron chi connectivity index (χ3n) is 7.10. The first-order chi connectivity index (χ1) is 16.9. The maximum absolute atomic E-state index is 15.5. The van der Waals surface area contributed by atoms with Gasteiger partial charge in [0.25, 0.3) is 0 Å². The Balaban J connectivity index is 1.56. The van der Waals surface area contributed by atoms with E-state index in [9.17, 15) is 4.79 Å². The smallest absolute Gasteiger partial charge is 0.245 e. The van der Waals surface area contributed by atoms with Crippen LogP contribution in [0.4, 0.5) is 4.39 Å². The minimum Gasteiger partial charge on any atom is -0.381 e. The van der Waals surface area contributed by atoms with Gasteiger partial charge in [-0.05, 0) is 44.2 Å². The number of aromatic nitrogens is 4. The monoisotopic (exact) mass is 491 g/mol. The van der Waals surface area contributed by atoms with Crippen LogP contribution >= 0.6 is 11.3 Å². The second-order valence-electron chi connectivity index (χ2n) is 9.35. The molecule has 180 valence electrons. The lowest BCUT2D eigenvalue weighted by Crippen LogP contribution is -2.40. The van der Waals surface area contributed by atoms with Gasteiger partial charge in [0.1, 0.15) is 17.7 Å². The molecule has 2 aliphatic heterocycles. The van der Waals surface area contributed by atoms with Gasteiger partial charge in [0, 0.05) is 49.5 Å². The lowest BCUT2D eigenvalue weighted by Gasteiger charge is -2.32. The standard InChI is InChI=1S/C26H26FN5O2S/c1-14-26(33)31(3)13-21-24(30-25(32(14)21)16-6-8-34-9-7-16)23-18-11-29-20(22-12-28-15(2)35-22)10-17(18)4-5-19(23)27/h4-5,10-12,14,16H,6-9,13H2,1-3H3. The molecule has 1 fully saturated rings. The molecule has 1 amide bonds. The molecule has 4 aromatic rings. The number of aryl methyl sites for hydroxylation is 1. The van der Waals surface area contributed by atoms with Gasteiger partial charge < -0.3 is 14.2 Å². The number of thiazole rings is 1. The van der Waals surface area contributed by atoms with Crippen molar-refractivity contribution in [2.24, 2.45) is 0 Å². The topological polar surface area (TPSA) is 73.1 Å². The minimum atomic E-state index is -0.389. The van der Waals surface area contributed by atoms with Crippen molar-refractivity contribution in [1.82, 2.24) is 24.4 Å². The average Bonchev–Trinajstić information content (AvgIpc) is 3.47. The molecule has 1 atom stereocenters. The second kappa shape index (κ2) is 8.49. The van der Waals surface area contributed by atoms with E-state index in [-0.39, 0.29) is 23.7 Å². The fourth-order valence-corrected chi connectivity index (χ4v) is 6.04. The number of pyridine rings is 1. The molecule has 5 heterocycles. The third kappa shape index (κ3) is 3.65. The maximum atomic E-state index is 15.5. The molecule has 9 heteroatoms. The Morgan fingerprint density at radius 3 is 2.71 bits per heavy atom. The van der Waals surface area contributed by atoms with E-state index >= 15 is 4.39 Å². The van der Waals surface area contributed by atoms with Gasteiger partial charge in [-0.1, -0.05) is 6.07 Å². The van der Waals surface area contributed by atoms with Crippen molar-refractivity contribution in [1.29, 1.82) is 0 Å². The van der Waals surface area contributed by atoms with Crippen molar-refractivity contribution in [3.63, 3.8) is 0 Å². The number of amides is 1. The molecule has 35 heavy (non-hydrogen) atoms. The van der Waals surface area contributed by atoms with Crippen LogP contribution in [-0.4, -0.2) is 50.6 Å². The Morgan fingerprint density at radius 2 is 1.97 bits per heavy atom. The summed E-state index contributed by atoms with van der Waals surface area (Å²) in [4.78, 5) is 29.6. The summed E-state index contributed by atoms with van der Waals surface area (Å²) in [6, 6.07) is 4.87.